The average Bonchev–Trinajstić information content (AvgIpc) is 3.40. The Morgan fingerprint density at radius 2 is 1.87 bits per heavy atom. The van der Waals surface area contributed by atoms with Crippen molar-refractivity contribution in [3.8, 4) is 11.3 Å². The standard InChI is InChI=1S/C26H25ClF2N6O3/c1-25(2,3)38-24(37)35-20(17-11-31-33(4)12-17)8-16-10-30-22(9-21(16)35)32-19-6-5-15(7-18(19)27)23(36)34-13-26(28,29)14-34/h5-12H,13-14H2,1-4H3,(H,30,32). The molecule has 0 aliphatic carbocycles. The third kappa shape index (κ3) is 5.06. The van der Waals surface area contributed by atoms with E-state index in [4.69, 9.17) is 16.3 Å². The zero-order valence-corrected chi connectivity index (χ0v) is 21.9. The number of nitrogens with zero attached hydrogens (tertiary/aromatic N) is 5. The summed E-state index contributed by atoms with van der Waals surface area (Å²) >= 11 is 6.41. The highest BCUT2D eigenvalue weighted by Crippen LogP contribution is 2.33. The van der Waals surface area contributed by atoms with Crippen LogP contribution in [-0.4, -0.2) is 60.8 Å². The Labute approximate surface area is 221 Å². The number of benzene rings is 1. The van der Waals surface area contributed by atoms with Crippen molar-refractivity contribution in [3.05, 3.63) is 59.5 Å². The quantitative estimate of drug-likeness (QED) is 0.355. The Morgan fingerprint density at radius 3 is 2.47 bits per heavy atom. The van der Waals surface area contributed by atoms with Crippen molar-refractivity contribution < 1.29 is 23.1 Å². The molecule has 198 valence electrons. The van der Waals surface area contributed by atoms with Crippen LogP contribution in [0.2, 0.25) is 5.02 Å². The number of halogens is 3. The smallest absolute Gasteiger partial charge is 0.419 e. The zero-order chi connectivity index (χ0) is 27.4. The zero-order valence-electron chi connectivity index (χ0n) is 21.1. The molecule has 1 aromatic carbocycles. The third-order valence-corrected chi connectivity index (χ3v) is 6.19. The number of aromatic nitrogens is 4. The van der Waals surface area contributed by atoms with Gasteiger partial charge in [-0.25, -0.2) is 23.1 Å². The van der Waals surface area contributed by atoms with Gasteiger partial charge in [0.15, 0.2) is 0 Å². The van der Waals surface area contributed by atoms with Crippen LogP contribution in [0, 0.1) is 0 Å². The van der Waals surface area contributed by atoms with E-state index in [2.05, 4.69) is 15.4 Å². The number of likely N-dealkylation sites (tertiary alicyclic amines) is 1. The number of aryl methyl sites for hydroxylation is 1. The number of rotatable bonds is 4. The topological polar surface area (TPSA) is 94.3 Å². The van der Waals surface area contributed by atoms with Gasteiger partial charge in [0.2, 0.25) is 0 Å². The fourth-order valence-electron chi connectivity index (χ4n) is 4.17. The maximum Gasteiger partial charge on any atom is 0.419 e. The third-order valence-electron chi connectivity index (χ3n) is 5.87. The molecule has 0 unspecified atom stereocenters. The lowest BCUT2D eigenvalue weighted by Crippen LogP contribution is -2.58. The monoisotopic (exact) mass is 542 g/mol. The van der Waals surface area contributed by atoms with E-state index >= 15 is 0 Å². The molecule has 0 bridgehead atoms. The van der Waals surface area contributed by atoms with Crippen LogP contribution in [0.3, 0.4) is 0 Å². The van der Waals surface area contributed by atoms with Gasteiger partial charge >= 0.3 is 6.09 Å². The molecule has 1 fully saturated rings. The van der Waals surface area contributed by atoms with Crippen LogP contribution in [0.5, 0.6) is 0 Å². The molecule has 5 rings (SSSR count). The number of ether oxygens (including phenoxy) is 1. The molecule has 9 nitrogen and oxygen atoms in total. The molecule has 3 aromatic heterocycles. The van der Waals surface area contributed by atoms with Gasteiger partial charge in [0, 0.05) is 42.0 Å². The summed E-state index contributed by atoms with van der Waals surface area (Å²) in [5.74, 6) is -2.97. The van der Waals surface area contributed by atoms with Crippen LogP contribution in [0.4, 0.5) is 25.1 Å². The summed E-state index contributed by atoms with van der Waals surface area (Å²) in [6.07, 6.45) is 4.52. The van der Waals surface area contributed by atoms with Gasteiger partial charge in [-0.1, -0.05) is 11.6 Å². The predicted octanol–water partition coefficient (Wildman–Crippen LogP) is 5.71. The van der Waals surface area contributed by atoms with Crippen molar-refractivity contribution in [2.75, 3.05) is 18.4 Å². The van der Waals surface area contributed by atoms with Gasteiger partial charge in [0.05, 0.1) is 41.2 Å². The summed E-state index contributed by atoms with van der Waals surface area (Å²) in [6.45, 7) is 4.16. The molecule has 1 saturated heterocycles. The molecule has 0 saturated carbocycles. The summed E-state index contributed by atoms with van der Waals surface area (Å²) in [6, 6.07) is 8.03. The molecule has 0 radical (unpaired) electrons. The second kappa shape index (κ2) is 9.09. The number of hydrogen-bond donors (Lipinski definition) is 1. The summed E-state index contributed by atoms with van der Waals surface area (Å²) < 4.78 is 35.1. The van der Waals surface area contributed by atoms with Crippen LogP contribution in [0.15, 0.2) is 48.9 Å². The molecule has 1 aliphatic rings. The SMILES string of the molecule is Cn1cc(-c2cc3cnc(Nc4ccc(C(=O)N5CC(F)(F)C5)cc4Cl)cc3n2C(=O)OC(C)(C)C)cn1. The first-order chi connectivity index (χ1) is 17.8. The Kier molecular flexibility index (Phi) is 6.13. The molecule has 38 heavy (non-hydrogen) atoms. The van der Waals surface area contributed by atoms with Crippen molar-refractivity contribution in [2.45, 2.75) is 32.3 Å². The van der Waals surface area contributed by atoms with Gasteiger partial charge in [-0.3, -0.25) is 9.48 Å². The van der Waals surface area contributed by atoms with Gasteiger partial charge in [-0.2, -0.15) is 5.10 Å². The minimum Gasteiger partial charge on any atom is -0.443 e. The first-order valence-electron chi connectivity index (χ1n) is 11.8. The lowest BCUT2D eigenvalue weighted by atomic mass is 10.1. The highest BCUT2D eigenvalue weighted by Gasteiger charge is 2.46. The van der Waals surface area contributed by atoms with Gasteiger partial charge < -0.3 is 15.0 Å². The number of alkyl halides is 2. The van der Waals surface area contributed by atoms with Gasteiger partial charge in [-0.15, -0.1) is 0 Å². The van der Waals surface area contributed by atoms with E-state index in [0.29, 0.717) is 28.1 Å². The van der Waals surface area contributed by atoms with Crippen LogP contribution in [0.1, 0.15) is 31.1 Å². The van der Waals surface area contributed by atoms with E-state index in [1.807, 2.05) is 6.07 Å². The number of fused-ring (bicyclic) bond motifs is 1. The molecular weight excluding hydrogens is 518 g/mol. The Bertz CT molecular complexity index is 1560. The summed E-state index contributed by atoms with van der Waals surface area (Å²) in [5.41, 5.74) is 1.82. The molecule has 0 atom stereocenters. The number of anilines is 2. The van der Waals surface area contributed by atoms with Gasteiger partial charge in [0.25, 0.3) is 11.8 Å². The number of amides is 1. The second-order valence-corrected chi connectivity index (χ2v) is 10.6. The summed E-state index contributed by atoms with van der Waals surface area (Å²) in [7, 11) is 1.79. The van der Waals surface area contributed by atoms with E-state index in [-0.39, 0.29) is 10.6 Å². The number of carbonyl (C=O) groups is 2. The van der Waals surface area contributed by atoms with E-state index in [1.54, 1.807) is 63.2 Å². The molecule has 12 heteroatoms. The van der Waals surface area contributed by atoms with Crippen molar-refractivity contribution >= 4 is 46.0 Å². The van der Waals surface area contributed by atoms with Crippen LogP contribution in [0.25, 0.3) is 22.2 Å². The van der Waals surface area contributed by atoms with Crippen molar-refractivity contribution in [3.63, 3.8) is 0 Å². The molecule has 1 aliphatic heterocycles. The lowest BCUT2D eigenvalue weighted by molar-refractivity contribution is -0.113. The minimum absolute atomic E-state index is 0.208. The Balaban J connectivity index is 1.47. The molecule has 1 amide bonds. The highest BCUT2D eigenvalue weighted by molar-refractivity contribution is 6.33. The van der Waals surface area contributed by atoms with Gasteiger partial charge in [0.1, 0.15) is 11.4 Å². The maximum atomic E-state index is 13.3. The minimum atomic E-state index is -2.85. The fourth-order valence-corrected chi connectivity index (χ4v) is 4.39. The van der Waals surface area contributed by atoms with Gasteiger partial charge in [-0.05, 0) is 45.0 Å². The number of nitrogens with one attached hydrogen (secondary N) is 1. The summed E-state index contributed by atoms with van der Waals surface area (Å²) in [4.78, 5) is 31.2. The molecule has 4 heterocycles. The van der Waals surface area contributed by atoms with Crippen LogP contribution < -0.4 is 5.32 Å². The van der Waals surface area contributed by atoms with E-state index < -0.39 is 36.6 Å². The predicted molar refractivity (Wildman–Crippen MR) is 139 cm³/mol. The molecule has 4 aromatic rings. The van der Waals surface area contributed by atoms with Crippen LogP contribution >= 0.6 is 11.6 Å². The van der Waals surface area contributed by atoms with Crippen molar-refractivity contribution in [2.24, 2.45) is 7.05 Å². The number of pyridine rings is 1. The Morgan fingerprint density at radius 1 is 1.13 bits per heavy atom. The lowest BCUT2D eigenvalue weighted by Gasteiger charge is -2.38. The second-order valence-electron chi connectivity index (χ2n) is 10.2. The number of carbonyl (C=O) groups excluding carboxylic acids is 2. The first kappa shape index (κ1) is 25.7. The van der Waals surface area contributed by atoms with E-state index in [0.717, 1.165) is 10.5 Å². The number of hydrogen-bond acceptors (Lipinski definition) is 6. The highest BCUT2D eigenvalue weighted by atomic mass is 35.5. The van der Waals surface area contributed by atoms with Crippen LogP contribution in [-0.2, 0) is 11.8 Å². The van der Waals surface area contributed by atoms with Crippen molar-refractivity contribution in [1.82, 2.24) is 24.2 Å². The normalized spacial score (nSPS) is 14.9. The average molecular weight is 543 g/mol. The maximum absolute atomic E-state index is 13.3. The fraction of sp³-hybridized carbons (Fsp3) is 0.308. The Hall–Kier alpha value is -3.99. The molecule has 0 spiro atoms. The summed E-state index contributed by atoms with van der Waals surface area (Å²) in [5, 5.41) is 8.23. The van der Waals surface area contributed by atoms with E-state index in [9.17, 15) is 18.4 Å². The molecular formula is C26H25ClF2N6O3. The molecule has 1 N–H and O–H groups in total. The largest absolute Gasteiger partial charge is 0.443 e. The first-order valence-corrected chi connectivity index (χ1v) is 12.1. The van der Waals surface area contributed by atoms with E-state index in [1.165, 1.54) is 16.7 Å². The van der Waals surface area contributed by atoms with Crippen molar-refractivity contribution in [1.29, 1.82) is 0 Å².